The number of halogens is 1. The molecule has 0 saturated carbocycles. The number of nitrogen functional groups attached to an aromatic ring is 1. The van der Waals surface area contributed by atoms with Crippen LogP contribution in [0.1, 0.15) is 16.1 Å². The van der Waals surface area contributed by atoms with Gasteiger partial charge in [-0.25, -0.2) is 14.4 Å². The Bertz CT molecular complexity index is 947. The van der Waals surface area contributed by atoms with Crippen LogP contribution >= 0.6 is 0 Å². The van der Waals surface area contributed by atoms with Gasteiger partial charge in [0.2, 0.25) is 0 Å². The number of benzene rings is 1. The molecule has 0 aliphatic carbocycles. The van der Waals surface area contributed by atoms with E-state index in [4.69, 9.17) is 10.5 Å². The Morgan fingerprint density at radius 2 is 2.07 bits per heavy atom. The van der Waals surface area contributed by atoms with Gasteiger partial charge in [-0.2, -0.15) is 0 Å². The van der Waals surface area contributed by atoms with Crippen molar-refractivity contribution in [2.45, 2.75) is 6.54 Å². The Morgan fingerprint density at radius 3 is 2.78 bits per heavy atom. The summed E-state index contributed by atoms with van der Waals surface area (Å²) >= 11 is 0. The molecule has 138 valence electrons. The van der Waals surface area contributed by atoms with Crippen LogP contribution in [0.25, 0.3) is 0 Å². The molecule has 27 heavy (non-hydrogen) atoms. The van der Waals surface area contributed by atoms with Gasteiger partial charge in [0.25, 0.3) is 5.91 Å². The van der Waals surface area contributed by atoms with Crippen molar-refractivity contribution in [3.8, 4) is 5.75 Å². The summed E-state index contributed by atoms with van der Waals surface area (Å²) in [5.41, 5.74) is 7.42. The molecule has 0 atom stereocenters. The molecule has 0 fully saturated rings. The lowest BCUT2D eigenvalue weighted by molar-refractivity contribution is 0.102. The number of rotatable bonds is 6. The molecule has 2 aromatic heterocycles. The van der Waals surface area contributed by atoms with E-state index >= 15 is 0 Å². The molecule has 0 saturated heterocycles. The zero-order valence-electron chi connectivity index (χ0n) is 14.6. The van der Waals surface area contributed by atoms with E-state index in [-0.39, 0.29) is 12.2 Å². The highest BCUT2D eigenvalue weighted by molar-refractivity contribution is 6.02. The first-order chi connectivity index (χ1) is 13.1. The average Bonchev–Trinajstić information content (AvgIpc) is 2.69. The number of hydrogen-bond acceptors (Lipinski definition) is 6. The third-order valence-electron chi connectivity index (χ3n) is 3.82. The SMILES string of the molecule is COc1ccc(C(=O)Nc2ccc(F)c(CNc3cccnc3N)c2)nc1. The molecule has 4 N–H and O–H groups in total. The highest BCUT2D eigenvalue weighted by atomic mass is 19.1. The third kappa shape index (κ3) is 4.49. The molecule has 2 heterocycles. The zero-order chi connectivity index (χ0) is 19.2. The lowest BCUT2D eigenvalue weighted by Crippen LogP contribution is -2.14. The third-order valence-corrected chi connectivity index (χ3v) is 3.82. The van der Waals surface area contributed by atoms with E-state index < -0.39 is 11.7 Å². The lowest BCUT2D eigenvalue weighted by atomic mass is 10.1. The average molecular weight is 367 g/mol. The molecule has 8 heteroatoms. The van der Waals surface area contributed by atoms with Crippen LogP contribution < -0.4 is 21.1 Å². The predicted molar refractivity (Wildman–Crippen MR) is 101 cm³/mol. The fourth-order valence-electron chi connectivity index (χ4n) is 2.38. The van der Waals surface area contributed by atoms with Crippen LogP contribution in [0.5, 0.6) is 5.75 Å². The summed E-state index contributed by atoms with van der Waals surface area (Å²) in [7, 11) is 1.52. The standard InChI is InChI=1S/C19H18FN5O2/c1-27-14-5-7-17(24-11-14)19(26)25-13-4-6-15(20)12(9-13)10-23-16-3-2-8-22-18(16)21/h2-9,11,23H,10H2,1H3,(H2,21,22)(H,25,26). The Kier molecular flexibility index (Phi) is 5.46. The van der Waals surface area contributed by atoms with Gasteiger partial charge in [0.1, 0.15) is 23.1 Å². The van der Waals surface area contributed by atoms with Crippen LogP contribution in [0, 0.1) is 5.82 Å². The Labute approximate surface area is 155 Å². The number of anilines is 3. The van der Waals surface area contributed by atoms with Gasteiger partial charge in [0.15, 0.2) is 0 Å². The number of pyridine rings is 2. The Balaban J connectivity index is 1.70. The van der Waals surface area contributed by atoms with Gasteiger partial charge in [-0.15, -0.1) is 0 Å². The topological polar surface area (TPSA) is 102 Å². The highest BCUT2D eigenvalue weighted by Crippen LogP contribution is 2.19. The summed E-state index contributed by atoms with van der Waals surface area (Å²) in [5.74, 6) is 0.0783. The van der Waals surface area contributed by atoms with E-state index in [1.165, 1.54) is 25.4 Å². The molecule has 3 rings (SSSR count). The van der Waals surface area contributed by atoms with Gasteiger partial charge in [-0.3, -0.25) is 4.79 Å². The van der Waals surface area contributed by atoms with Crippen molar-refractivity contribution in [2.24, 2.45) is 0 Å². The fourth-order valence-corrected chi connectivity index (χ4v) is 2.38. The number of carbonyl (C=O) groups excluding carboxylic acids is 1. The summed E-state index contributed by atoms with van der Waals surface area (Å²) in [5, 5.41) is 5.73. The quantitative estimate of drug-likeness (QED) is 0.619. The number of amides is 1. The maximum absolute atomic E-state index is 14.1. The molecular formula is C19H18FN5O2. The summed E-state index contributed by atoms with van der Waals surface area (Å²) < 4.78 is 19.1. The van der Waals surface area contributed by atoms with Crippen LogP contribution in [0.3, 0.4) is 0 Å². The maximum atomic E-state index is 14.1. The predicted octanol–water partition coefficient (Wildman–Crippen LogP) is 3.07. The Hall–Kier alpha value is -3.68. The van der Waals surface area contributed by atoms with Gasteiger partial charge >= 0.3 is 0 Å². The molecule has 3 aromatic rings. The molecule has 1 aromatic carbocycles. The number of methoxy groups -OCH3 is 1. The van der Waals surface area contributed by atoms with E-state index in [0.29, 0.717) is 28.5 Å². The maximum Gasteiger partial charge on any atom is 0.274 e. The van der Waals surface area contributed by atoms with Crippen molar-refractivity contribution >= 4 is 23.1 Å². The number of nitrogens with zero attached hydrogens (tertiary/aromatic N) is 2. The van der Waals surface area contributed by atoms with Gasteiger partial charge < -0.3 is 21.1 Å². The van der Waals surface area contributed by atoms with Crippen molar-refractivity contribution in [3.05, 3.63) is 71.9 Å². The molecule has 0 aliphatic heterocycles. The molecule has 0 radical (unpaired) electrons. The molecule has 7 nitrogen and oxygen atoms in total. The number of nitrogens with one attached hydrogen (secondary N) is 2. The second kappa shape index (κ2) is 8.13. The second-order valence-electron chi connectivity index (χ2n) is 5.63. The minimum atomic E-state index is -0.403. The summed E-state index contributed by atoms with van der Waals surface area (Å²) in [6, 6.07) is 11.0. The van der Waals surface area contributed by atoms with Gasteiger partial charge in [-0.1, -0.05) is 0 Å². The van der Waals surface area contributed by atoms with Crippen LogP contribution in [0.4, 0.5) is 21.6 Å². The minimum absolute atomic E-state index is 0.187. The summed E-state index contributed by atoms with van der Waals surface area (Å²) in [4.78, 5) is 20.3. The minimum Gasteiger partial charge on any atom is -0.495 e. The van der Waals surface area contributed by atoms with Crippen molar-refractivity contribution in [2.75, 3.05) is 23.5 Å². The van der Waals surface area contributed by atoms with Crippen LogP contribution in [-0.2, 0) is 6.54 Å². The number of hydrogen-bond donors (Lipinski definition) is 3. The van der Waals surface area contributed by atoms with Crippen molar-refractivity contribution in [1.82, 2.24) is 9.97 Å². The molecule has 0 bridgehead atoms. The van der Waals surface area contributed by atoms with E-state index in [9.17, 15) is 9.18 Å². The molecule has 0 aliphatic rings. The van der Waals surface area contributed by atoms with Crippen LogP contribution in [-0.4, -0.2) is 23.0 Å². The van der Waals surface area contributed by atoms with E-state index in [1.807, 2.05) is 0 Å². The van der Waals surface area contributed by atoms with Gasteiger partial charge in [-0.05, 0) is 42.5 Å². The normalized spacial score (nSPS) is 10.3. The number of nitrogens with two attached hydrogens (primary N) is 1. The smallest absolute Gasteiger partial charge is 0.274 e. The summed E-state index contributed by atoms with van der Waals surface area (Å²) in [6.07, 6.45) is 3.03. The van der Waals surface area contributed by atoms with E-state index in [2.05, 4.69) is 20.6 Å². The van der Waals surface area contributed by atoms with Crippen molar-refractivity contribution in [1.29, 1.82) is 0 Å². The fraction of sp³-hybridized carbons (Fsp3) is 0.105. The first-order valence-corrected chi connectivity index (χ1v) is 8.11. The zero-order valence-corrected chi connectivity index (χ0v) is 14.6. The first kappa shape index (κ1) is 18.1. The van der Waals surface area contributed by atoms with Crippen molar-refractivity contribution < 1.29 is 13.9 Å². The van der Waals surface area contributed by atoms with E-state index in [1.54, 1.807) is 36.5 Å². The van der Waals surface area contributed by atoms with Gasteiger partial charge in [0, 0.05) is 24.0 Å². The highest BCUT2D eigenvalue weighted by Gasteiger charge is 2.10. The first-order valence-electron chi connectivity index (χ1n) is 8.11. The van der Waals surface area contributed by atoms with Crippen LogP contribution in [0.15, 0.2) is 54.9 Å². The van der Waals surface area contributed by atoms with Crippen LogP contribution in [0.2, 0.25) is 0 Å². The summed E-state index contributed by atoms with van der Waals surface area (Å²) in [6.45, 7) is 0.187. The van der Waals surface area contributed by atoms with Gasteiger partial charge in [0.05, 0.1) is 19.0 Å². The molecular weight excluding hydrogens is 349 g/mol. The largest absolute Gasteiger partial charge is 0.495 e. The van der Waals surface area contributed by atoms with Crippen molar-refractivity contribution in [3.63, 3.8) is 0 Å². The number of aromatic nitrogens is 2. The Morgan fingerprint density at radius 1 is 1.22 bits per heavy atom. The monoisotopic (exact) mass is 367 g/mol. The molecule has 1 amide bonds. The molecule has 0 unspecified atom stereocenters. The lowest BCUT2D eigenvalue weighted by Gasteiger charge is -2.11. The molecule has 0 spiro atoms. The second-order valence-corrected chi connectivity index (χ2v) is 5.63. The van der Waals surface area contributed by atoms with E-state index in [0.717, 1.165) is 0 Å². The number of carbonyl (C=O) groups is 1. The number of ether oxygens (including phenoxy) is 1.